The van der Waals surface area contributed by atoms with Gasteiger partial charge in [0.25, 0.3) is 0 Å². The van der Waals surface area contributed by atoms with Gasteiger partial charge >= 0.3 is 0 Å². The van der Waals surface area contributed by atoms with E-state index >= 15 is 0 Å². The van der Waals surface area contributed by atoms with E-state index in [1.165, 1.54) is 30.8 Å². The second kappa shape index (κ2) is 25.4. The van der Waals surface area contributed by atoms with Crippen LogP contribution in [0.5, 0.6) is 5.75 Å². The number of rotatable bonds is 11. The van der Waals surface area contributed by atoms with Crippen molar-refractivity contribution >= 4 is 6.41 Å². The minimum absolute atomic E-state index is 0.165. The van der Waals surface area contributed by atoms with E-state index in [9.17, 15) is 0 Å². The molecule has 166 valence electrons. The van der Waals surface area contributed by atoms with Crippen LogP contribution in [0.3, 0.4) is 0 Å². The molecule has 0 saturated heterocycles. The van der Waals surface area contributed by atoms with Crippen LogP contribution in [0, 0.1) is 0 Å². The monoisotopic (exact) mass is 408 g/mol. The summed E-state index contributed by atoms with van der Waals surface area (Å²) in [6, 6.07) is 7.98. The zero-order valence-electron chi connectivity index (χ0n) is 18.5. The van der Waals surface area contributed by atoms with Crippen LogP contribution in [0.2, 0.25) is 0 Å². The van der Waals surface area contributed by atoms with E-state index in [-0.39, 0.29) is 12.5 Å². The maximum Gasteiger partial charge on any atom is 0.230 e. The van der Waals surface area contributed by atoms with Crippen LogP contribution >= 0.6 is 0 Å². The Morgan fingerprint density at radius 2 is 1.76 bits per heavy atom. The number of benzene rings is 1. The first-order valence-corrected chi connectivity index (χ1v) is 9.76. The molecule has 1 aromatic rings. The Labute approximate surface area is 177 Å². The van der Waals surface area contributed by atoms with Crippen LogP contribution in [0.4, 0.5) is 0 Å². The molecule has 1 aromatic carbocycles. The number of nitrogens with one attached hydrogen (secondary N) is 1. The van der Waals surface area contributed by atoms with Gasteiger partial charge in [0, 0.05) is 5.70 Å². The van der Waals surface area contributed by atoms with E-state index in [1.54, 1.807) is 7.11 Å². The van der Waals surface area contributed by atoms with Crippen molar-refractivity contribution in [2.75, 3.05) is 7.11 Å². The molecule has 1 rings (SSSR count). The van der Waals surface area contributed by atoms with Crippen molar-refractivity contribution in [3.05, 3.63) is 67.4 Å². The summed E-state index contributed by atoms with van der Waals surface area (Å²) in [5, 5.41) is 7.26. The number of hydroxylamine groups is 1. The third-order valence-electron chi connectivity index (χ3n) is 3.29. The molecule has 1 atom stereocenters. The van der Waals surface area contributed by atoms with Crippen LogP contribution in [-0.2, 0) is 16.1 Å². The zero-order chi connectivity index (χ0) is 22.9. The van der Waals surface area contributed by atoms with E-state index in [0.717, 1.165) is 17.7 Å². The van der Waals surface area contributed by atoms with Crippen molar-refractivity contribution < 1.29 is 19.5 Å². The van der Waals surface area contributed by atoms with E-state index in [4.69, 9.17) is 25.2 Å². The van der Waals surface area contributed by atoms with Gasteiger partial charge < -0.3 is 15.2 Å². The number of ether oxygens (including phenoxy) is 2. The van der Waals surface area contributed by atoms with Crippen LogP contribution < -0.4 is 16.0 Å². The maximum absolute atomic E-state index is 8.81. The highest BCUT2D eigenvalue weighted by Crippen LogP contribution is 2.14. The van der Waals surface area contributed by atoms with E-state index in [1.807, 2.05) is 44.2 Å². The standard InChI is InChI=1S/C16H24O2.C4H7N.C2H6.CH3NO2/c1-4-6-7-8-15(5-2)18-13-14-9-11-16(17-3)12-10-14;1-3-4(2)5;1-2;3-1-2-4/h5,9-12,15H,2,4,6-8,13H2,1,3H3;3H,1-2,5H2;1-2H3;1,4H,(H,2,3). The lowest BCUT2D eigenvalue weighted by Crippen LogP contribution is -2.09. The number of carbonyl (C=O) groups excluding carboxylic acids is 1. The normalized spacial score (nSPS) is 9.55. The SMILES string of the molecule is C=CC(=C)N.C=CC(CCCCC)OCc1ccc(OC)cc1.CC.O=CNO. The topological polar surface area (TPSA) is 93.8 Å². The van der Waals surface area contributed by atoms with E-state index in [2.05, 4.69) is 26.7 Å². The van der Waals surface area contributed by atoms with Crippen LogP contribution in [0.1, 0.15) is 52.0 Å². The lowest BCUT2D eigenvalue weighted by Gasteiger charge is -2.14. The Balaban J connectivity index is -0.000000510. The van der Waals surface area contributed by atoms with Crippen LogP contribution in [-0.4, -0.2) is 24.8 Å². The van der Waals surface area contributed by atoms with E-state index < -0.39 is 0 Å². The van der Waals surface area contributed by atoms with Gasteiger partial charge in [-0.25, -0.2) is 5.48 Å². The molecular weight excluding hydrogens is 368 g/mol. The Kier molecular flexibility index (Phi) is 27.3. The largest absolute Gasteiger partial charge is 0.497 e. The highest BCUT2D eigenvalue weighted by atomic mass is 16.5. The fourth-order valence-corrected chi connectivity index (χ4v) is 1.79. The number of allylic oxidation sites excluding steroid dienone is 1. The van der Waals surface area contributed by atoms with Crippen LogP contribution in [0.15, 0.2) is 61.9 Å². The predicted octanol–water partition coefficient (Wildman–Crippen LogP) is 5.14. The number of nitrogens with two attached hydrogens (primary N) is 1. The smallest absolute Gasteiger partial charge is 0.230 e. The maximum atomic E-state index is 8.81. The molecule has 0 bridgehead atoms. The first kappa shape index (κ1) is 31.1. The molecule has 0 aliphatic carbocycles. The molecule has 1 amide bonds. The lowest BCUT2D eigenvalue weighted by atomic mass is 10.1. The van der Waals surface area contributed by atoms with Gasteiger partial charge in [0.2, 0.25) is 6.41 Å². The Hall–Kier alpha value is -2.57. The summed E-state index contributed by atoms with van der Waals surface area (Å²) >= 11 is 0. The summed E-state index contributed by atoms with van der Waals surface area (Å²) in [6.07, 6.45) is 8.51. The number of amides is 1. The van der Waals surface area contributed by atoms with Gasteiger partial charge in [-0.3, -0.25) is 10.0 Å². The first-order valence-electron chi connectivity index (χ1n) is 9.76. The van der Waals surface area contributed by atoms with Crippen molar-refractivity contribution in [2.45, 2.75) is 59.2 Å². The summed E-state index contributed by atoms with van der Waals surface area (Å²) < 4.78 is 11.0. The predicted molar refractivity (Wildman–Crippen MR) is 122 cm³/mol. The molecule has 29 heavy (non-hydrogen) atoms. The second-order valence-electron chi connectivity index (χ2n) is 5.46. The molecule has 0 aliphatic heterocycles. The highest BCUT2D eigenvalue weighted by molar-refractivity contribution is 5.43. The third kappa shape index (κ3) is 23.4. The molecule has 0 heterocycles. The molecule has 0 aliphatic rings. The summed E-state index contributed by atoms with van der Waals surface area (Å²) in [6.45, 7) is 17.3. The van der Waals surface area contributed by atoms with Gasteiger partial charge in [-0.15, -0.1) is 6.58 Å². The van der Waals surface area contributed by atoms with Crippen molar-refractivity contribution in [3.63, 3.8) is 0 Å². The molecule has 0 spiro atoms. The molecule has 0 saturated carbocycles. The summed E-state index contributed by atoms with van der Waals surface area (Å²) in [4.78, 5) is 8.81. The number of carbonyl (C=O) groups is 1. The zero-order valence-corrected chi connectivity index (χ0v) is 18.5. The van der Waals surface area contributed by atoms with Crippen molar-refractivity contribution in [1.82, 2.24) is 5.48 Å². The minimum atomic E-state index is 0.165. The number of hydrogen-bond donors (Lipinski definition) is 3. The third-order valence-corrected chi connectivity index (χ3v) is 3.29. The highest BCUT2D eigenvalue weighted by Gasteiger charge is 2.04. The molecule has 6 heteroatoms. The molecule has 1 unspecified atom stereocenters. The van der Waals surface area contributed by atoms with Gasteiger partial charge in [0.1, 0.15) is 5.75 Å². The molecule has 6 nitrogen and oxygen atoms in total. The van der Waals surface area contributed by atoms with Gasteiger partial charge in [0.15, 0.2) is 0 Å². The summed E-state index contributed by atoms with van der Waals surface area (Å²) in [5.74, 6) is 0.877. The van der Waals surface area contributed by atoms with Gasteiger partial charge in [-0.1, -0.05) is 71.4 Å². The van der Waals surface area contributed by atoms with Crippen LogP contribution in [0.25, 0.3) is 0 Å². The number of methoxy groups -OCH3 is 1. The lowest BCUT2D eigenvalue weighted by molar-refractivity contribution is -0.116. The Morgan fingerprint density at radius 3 is 2.10 bits per heavy atom. The van der Waals surface area contributed by atoms with Crippen molar-refractivity contribution in [3.8, 4) is 5.75 Å². The quantitative estimate of drug-likeness (QED) is 0.118. The summed E-state index contributed by atoms with van der Waals surface area (Å²) in [7, 11) is 1.67. The van der Waals surface area contributed by atoms with Gasteiger partial charge in [0.05, 0.1) is 19.8 Å². The van der Waals surface area contributed by atoms with Gasteiger partial charge in [-0.2, -0.15) is 0 Å². The number of hydrogen-bond acceptors (Lipinski definition) is 5. The Bertz CT molecular complexity index is 516. The molecular formula is C23H40N2O4. The van der Waals surface area contributed by atoms with Crippen molar-refractivity contribution in [1.29, 1.82) is 0 Å². The minimum Gasteiger partial charge on any atom is -0.497 e. The van der Waals surface area contributed by atoms with Gasteiger partial charge in [-0.05, 0) is 30.2 Å². The summed E-state index contributed by atoms with van der Waals surface area (Å²) in [5.41, 5.74) is 7.91. The molecule has 0 radical (unpaired) electrons. The first-order chi connectivity index (χ1) is 14.0. The molecule has 0 fully saturated rings. The Morgan fingerprint density at radius 1 is 1.24 bits per heavy atom. The number of unbranched alkanes of at least 4 members (excludes halogenated alkanes) is 2. The molecule has 4 N–H and O–H groups in total. The van der Waals surface area contributed by atoms with Crippen molar-refractivity contribution in [2.24, 2.45) is 5.73 Å². The fourth-order valence-electron chi connectivity index (χ4n) is 1.79. The average molecular weight is 409 g/mol. The van der Waals surface area contributed by atoms with E-state index in [0.29, 0.717) is 12.3 Å². The average Bonchev–Trinajstić information content (AvgIpc) is 2.78. The molecule has 0 aromatic heterocycles. The fraction of sp³-hybridized carbons (Fsp3) is 0.435. The second-order valence-corrected chi connectivity index (χ2v) is 5.46.